The molecule has 0 spiro atoms. The van der Waals surface area contributed by atoms with Crippen LogP contribution in [0, 0.1) is 11.7 Å². The van der Waals surface area contributed by atoms with Gasteiger partial charge in [0, 0.05) is 10.6 Å². The van der Waals surface area contributed by atoms with Gasteiger partial charge in [0.15, 0.2) is 0 Å². The van der Waals surface area contributed by atoms with Crippen LogP contribution in [-0.2, 0) is 5.54 Å². The van der Waals surface area contributed by atoms with Gasteiger partial charge in [0.05, 0.1) is 5.02 Å². The summed E-state index contributed by atoms with van der Waals surface area (Å²) in [5.41, 5.74) is 6.44. The summed E-state index contributed by atoms with van der Waals surface area (Å²) in [6.07, 6.45) is 4.53. The molecule has 0 aromatic heterocycles. The predicted molar refractivity (Wildman–Crippen MR) is 69.9 cm³/mol. The first-order valence-corrected chi connectivity index (χ1v) is 6.62. The molecular formula is C13H16Cl2FN. The Kier molecular flexibility index (Phi) is 3.67. The highest BCUT2D eigenvalue weighted by molar-refractivity contribution is 6.35. The minimum absolute atomic E-state index is 0.0426. The second kappa shape index (κ2) is 4.75. The zero-order chi connectivity index (χ0) is 12.6. The molecule has 1 unspecified atom stereocenters. The lowest BCUT2D eigenvalue weighted by atomic mass is 9.79. The normalized spacial score (nSPS) is 20.5. The van der Waals surface area contributed by atoms with Crippen molar-refractivity contribution in [3.8, 4) is 0 Å². The van der Waals surface area contributed by atoms with Crippen LogP contribution in [0.2, 0.25) is 10.0 Å². The number of hydrogen-bond donors (Lipinski definition) is 1. The summed E-state index contributed by atoms with van der Waals surface area (Å²) >= 11 is 11.8. The van der Waals surface area contributed by atoms with Gasteiger partial charge in [-0.25, -0.2) is 4.39 Å². The van der Waals surface area contributed by atoms with Crippen LogP contribution in [0.15, 0.2) is 12.1 Å². The smallest absolute Gasteiger partial charge is 0.142 e. The van der Waals surface area contributed by atoms with Crippen molar-refractivity contribution in [1.82, 2.24) is 0 Å². The molecule has 1 aliphatic rings. The van der Waals surface area contributed by atoms with Gasteiger partial charge in [-0.2, -0.15) is 0 Å². The van der Waals surface area contributed by atoms with Crippen LogP contribution >= 0.6 is 23.2 Å². The van der Waals surface area contributed by atoms with Crippen LogP contribution in [0.5, 0.6) is 0 Å². The third kappa shape index (κ3) is 2.44. The van der Waals surface area contributed by atoms with E-state index in [4.69, 9.17) is 28.9 Å². The lowest BCUT2D eigenvalue weighted by Crippen LogP contribution is -2.40. The van der Waals surface area contributed by atoms with Crippen molar-refractivity contribution in [3.63, 3.8) is 0 Å². The molecule has 0 aliphatic heterocycles. The van der Waals surface area contributed by atoms with Crippen molar-refractivity contribution < 1.29 is 4.39 Å². The molecule has 1 saturated carbocycles. The number of halogens is 3. The molecule has 2 N–H and O–H groups in total. The van der Waals surface area contributed by atoms with E-state index in [0.29, 0.717) is 16.5 Å². The second-order valence-corrected chi connectivity index (χ2v) is 5.82. The summed E-state index contributed by atoms with van der Waals surface area (Å²) in [6, 6.07) is 2.82. The van der Waals surface area contributed by atoms with Crippen molar-refractivity contribution in [2.75, 3.05) is 0 Å². The molecule has 0 saturated heterocycles. The molecule has 1 atom stereocenters. The van der Waals surface area contributed by atoms with E-state index in [2.05, 4.69) is 0 Å². The van der Waals surface area contributed by atoms with E-state index in [1.54, 1.807) is 0 Å². The summed E-state index contributed by atoms with van der Waals surface area (Å²) in [4.78, 5) is 0. The minimum Gasteiger partial charge on any atom is -0.321 e. The zero-order valence-electron chi connectivity index (χ0n) is 9.77. The van der Waals surface area contributed by atoms with E-state index in [1.165, 1.54) is 25.0 Å². The largest absolute Gasteiger partial charge is 0.321 e. The van der Waals surface area contributed by atoms with Crippen LogP contribution < -0.4 is 5.73 Å². The van der Waals surface area contributed by atoms with Gasteiger partial charge in [0.1, 0.15) is 5.82 Å². The highest BCUT2D eigenvalue weighted by atomic mass is 35.5. The number of rotatable bonds is 2. The van der Waals surface area contributed by atoms with Gasteiger partial charge in [-0.3, -0.25) is 0 Å². The zero-order valence-corrected chi connectivity index (χ0v) is 11.3. The van der Waals surface area contributed by atoms with Crippen molar-refractivity contribution >= 4 is 23.2 Å². The Balaban J connectivity index is 2.41. The van der Waals surface area contributed by atoms with Gasteiger partial charge in [0.2, 0.25) is 0 Å². The molecular weight excluding hydrogens is 260 g/mol. The monoisotopic (exact) mass is 275 g/mol. The van der Waals surface area contributed by atoms with Gasteiger partial charge >= 0.3 is 0 Å². The van der Waals surface area contributed by atoms with Crippen LogP contribution in [0.4, 0.5) is 4.39 Å². The Labute approximate surface area is 111 Å². The van der Waals surface area contributed by atoms with Crippen molar-refractivity contribution in [2.24, 2.45) is 11.7 Å². The fourth-order valence-electron chi connectivity index (χ4n) is 2.68. The summed E-state index contributed by atoms with van der Waals surface area (Å²) < 4.78 is 13.5. The van der Waals surface area contributed by atoms with Gasteiger partial charge in [-0.1, -0.05) is 36.0 Å². The lowest BCUT2D eigenvalue weighted by Gasteiger charge is -2.33. The van der Waals surface area contributed by atoms with Gasteiger partial charge in [-0.15, -0.1) is 0 Å². The number of nitrogens with two attached hydrogens (primary N) is 1. The minimum atomic E-state index is -0.584. The van der Waals surface area contributed by atoms with E-state index in [-0.39, 0.29) is 5.02 Å². The third-order valence-electron chi connectivity index (χ3n) is 3.79. The van der Waals surface area contributed by atoms with Gasteiger partial charge in [0.25, 0.3) is 0 Å². The lowest BCUT2D eigenvalue weighted by molar-refractivity contribution is 0.306. The summed E-state index contributed by atoms with van der Waals surface area (Å²) in [5.74, 6) is -0.0960. The molecule has 4 heteroatoms. The van der Waals surface area contributed by atoms with Crippen LogP contribution in [-0.4, -0.2) is 0 Å². The van der Waals surface area contributed by atoms with Crippen molar-refractivity contribution in [1.29, 1.82) is 0 Å². The van der Waals surface area contributed by atoms with Crippen molar-refractivity contribution in [2.45, 2.75) is 38.1 Å². The first kappa shape index (κ1) is 13.1. The maximum Gasteiger partial charge on any atom is 0.142 e. The quantitative estimate of drug-likeness (QED) is 0.791. The first-order valence-electron chi connectivity index (χ1n) is 5.87. The fourth-order valence-corrected chi connectivity index (χ4v) is 3.27. The number of hydrogen-bond acceptors (Lipinski definition) is 1. The molecule has 1 nitrogen and oxygen atoms in total. The van der Waals surface area contributed by atoms with E-state index in [0.717, 1.165) is 12.8 Å². The Bertz CT molecular complexity index is 426. The fraction of sp³-hybridized carbons (Fsp3) is 0.538. The highest BCUT2D eigenvalue weighted by Gasteiger charge is 2.35. The summed E-state index contributed by atoms with van der Waals surface area (Å²) in [5, 5.41) is 0.495. The molecule has 94 valence electrons. The Morgan fingerprint density at radius 1 is 1.24 bits per heavy atom. The molecule has 0 amide bonds. The SMILES string of the molecule is CC(N)(c1cc(F)c(Cl)cc1Cl)C1CCCC1. The van der Waals surface area contributed by atoms with Gasteiger partial charge < -0.3 is 5.73 Å². The summed E-state index contributed by atoms with van der Waals surface area (Å²) in [7, 11) is 0. The molecule has 1 aliphatic carbocycles. The van der Waals surface area contributed by atoms with Crippen LogP contribution in [0.25, 0.3) is 0 Å². The van der Waals surface area contributed by atoms with E-state index in [1.807, 2.05) is 6.92 Å². The van der Waals surface area contributed by atoms with E-state index < -0.39 is 11.4 Å². The maximum absolute atomic E-state index is 13.5. The van der Waals surface area contributed by atoms with E-state index in [9.17, 15) is 4.39 Å². The third-order valence-corrected chi connectivity index (χ3v) is 4.40. The standard InChI is InChI=1S/C13H16Cl2FN/c1-13(17,8-4-2-3-5-8)9-6-12(16)11(15)7-10(9)14/h6-8H,2-5,17H2,1H3. The molecule has 2 rings (SSSR count). The molecule has 1 fully saturated rings. The molecule has 1 aromatic carbocycles. The molecule has 17 heavy (non-hydrogen) atoms. The molecule has 0 radical (unpaired) electrons. The summed E-state index contributed by atoms with van der Waals surface area (Å²) in [6.45, 7) is 1.93. The topological polar surface area (TPSA) is 26.0 Å². The predicted octanol–water partition coefficient (Wildman–Crippen LogP) is 4.50. The van der Waals surface area contributed by atoms with Crippen LogP contribution in [0.1, 0.15) is 38.2 Å². The molecule has 0 heterocycles. The molecule has 1 aromatic rings. The average Bonchev–Trinajstić information content (AvgIpc) is 2.77. The van der Waals surface area contributed by atoms with Crippen molar-refractivity contribution in [3.05, 3.63) is 33.6 Å². The highest BCUT2D eigenvalue weighted by Crippen LogP contribution is 2.41. The van der Waals surface area contributed by atoms with E-state index >= 15 is 0 Å². The van der Waals surface area contributed by atoms with Crippen LogP contribution in [0.3, 0.4) is 0 Å². The second-order valence-electron chi connectivity index (χ2n) is 5.01. The van der Waals surface area contributed by atoms with Gasteiger partial charge in [-0.05, 0) is 43.4 Å². The Morgan fingerprint density at radius 2 is 1.82 bits per heavy atom. The Hall–Kier alpha value is -0.310. The molecule has 0 bridgehead atoms. The first-order chi connectivity index (χ1) is 7.93. The average molecular weight is 276 g/mol. The maximum atomic E-state index is 13.5. The number of benzene rings is 1. The Morgan fingerprint density at radius 3 is 2.41 bits per heavy atom.